The van der Waals surface area contributed by atoms with Crippen molar-refractivity contribution in [1.82, 2.24) is 10.2 Å². The van der Waals surface area contributed by atoms with Crippen molar-refractivity contribution < 1.29 is 28.9 Å². The van der Waals surface area contributed by atoms with Gasteiger partial charge < -0.3 is 24.6 Å². The number of hydrogen-bond donors (Lipinski definition) is 2. The number of nitrogens with one attached hydrogen (secondary N) is 1. The fourth-order valence-corrected chi connectivity index (χ4v) is 1.84. The minimum Gasteiger partial charge on any atom is -0.480 e. The standard InChI is InChI=1S/C14H26N2O6/c1-14(2,3)22-13(19)15-11(12(17)18)10-21-9-6-16-4-7-20-8-5-16/h11H,4-10H2,1-3H3,(H,15,19)(H,17,18). The Bertz CT molecular complexity index is 363. The molecule has 0 spiro atoms. The number of carbonyl (C=O) groups excluding carboxylic acids is 1. The van der Waals surface area contributed by atoms with Crippen LogP contribution < -0.4 is 5.32 Å². The molecule has 1 aliphatic heterocycles. The van der Waals surface area contributed by atoms with Crippen molar-refractivity contribution in [2.45, 2.75) is 32.4 Å². The topological polar surface area (TPSA) is 97.3 Å². The second-order valence-electron chi connectivity index (χ2n) is 6.07. The molecular formula is C14H26N2O6. The smallest absolute Gasteiger partial charge is 0.408 e. The maximum atomic E-state index is 11.6. The highest BCUT2D eigenvalue weighted by Crippen LogP contribution is 2.06. The summed E-state index contributed by atoms with van der Waals surface area (Å²) < 4.78 is 15.6. The molecule has 8 nitrogen and oxygen atoms in total. The molecule has 0 bridgehead atoms. The Morgan fingerprint density at radius 1 is 1.32 bits per heavy atom. The van der Waals surface area contributed by atoms with E-state index in [0.29, 0.717) is 26.4 Å². The Morgan fingerprint density at radius 3 is 2.50 bits per heavy atom. The zero-order valence-corrected chi connectivity index (χ0v) is 13.5. The van der Waals surface area contributed by atoms with Gasteiger partial charge >= 0.3 is 12.1 Å². The number of hydrogen-bond acceptors (Lipinski definition) is 6. The van der Waals surface area contributed by atoms with Gasteiger partial charge in [0.15, 0.2) is 6.04 Å². The van der Waals surface area contributed by atoms with Crippen molar-refractivity contribution in [3.05, 3.63) is 0 Å². The van der Waals surface area contributed by atoms with Gasteiger partial charge in [-0.25, -0.2) is 9.59 Å². The molecule has 0 aromatic carbocycles. The molecule has 1 aliphatic rings. The monoisotopic (exact) mass is 318 g/mol. The van der Waals surface area contributed by atoms with Gasteiger partial charge in [0.2, 0.25) is 0 Å². The SMILES string of the molecule is CC(C)(C)OC(=O)NC(COCCN1CCOCC1)C(=O)O. The first-order valence-electron chi connectivity index (χ1n) is 7.38. The van der Waals surface area contributed by atoms with Crippen LogP contribution in [-0.2, 0) is 19.0 Å². The number of carboxylic acid groups (broad SMARTS) is 1. The van der Waals surface area contributed by atoms with E-state index >= 15 is 0 Å². The van der Waals surface area contributed by atoms with Gasteiger partial charge in [-0.3, -0.25) is 4.90 Å². The summed E-state index contributed by atoms with van der Waals surface area (Å²) in [5, 5.41) is 11.4. The van der Waals surface area contributed by atoms with E-state index in [1.807, 2.05) is 0 Å². The zero-order chi connectivity index (χ0) is 16.6. The fraction of sp³-hybridized carbons (Fsp3) is 0.857. The summed E-state index contributed by atoms with van der Waals surface area (Å²) in [6, 6.07) is -1.13. The first-order valence-corrected chi connectivity index (χ1v) is 7.38. The number of alkyl carbamates (subject to hydrolysis) is 1. The first-order chi connectivity index (χ1) is 10.3. The molecule has 2 N–H and O–H groups in total. The van der Waals surface area contributed by atoms with Crippen molar-refractivity contribution >= 4 is 12.1 Å². The number of amides is 1. The van der Waals surface area contributed by atoms with E-state index in [1.165, 1.54) is 0 Å². The maximum absolute atomic E-state index is 11.6. The second-order valence-corrected chi connectivity index (χ2v) is 6.07. The van der Waals surface area contributed by atoms with Crippen molar-refractivity contribution in [1.29, 1.82) is 0 Å². The fourth-order valence-electron chi connectivity index (χ4n) is 1.84. The van der Waals surface area contributed by atoms with E-state index in [2.05, 4.69) is 10.2 Å². The Morgan fingerprint density at radius 2 is 1.95 bits per heavy atom. The largest absolute Gasteiger partial charge is 0.480 e. The Hall–Kier alpha value is -1.38. The van der Waals surface area contributed by atoms with Gasteiger partial charge in [-0.15, -0.1) is 0 Å². The quantitative estimate of drug-likeness (QED) is 0.652. The normalized spacial score (nSPS) is 17.8. The minimum atomic E-state index is -1.16. The van der Waals surface area contributed by atoms with E-state index in [1.54, 1.807) is 20.8 Å². The third-order valence-corrected chi connectivity index (χ3v) is 2.93. The predicted octanol–water partition coefficient (Wildman–Crippen LogP) is 0.313. The van der Waals surface area contributed by atoms with E-state index in [-0.39, 0.29) is 6.61 Å². The summed E-state index contributed by atoms with van der Waals surface area (Å²) >= 11 is 0. The van der Waals surface area contributed by atoms with Gasteiger partial charge in [0.1, 0.15) is 5.60 Å². The van der Waals surface area contributed by atoms with E-state index in [0.717, 1.165) is 13.1 Å². The lowest BCUT2D eigenvalue weighted by atomic mass is 10.2. The summed E-state index contributed by atoms with van der Waals surface area (Å²) in [6.45, 7) is 9.25. The van der Waals surface area contributed by atoms with Gasteiger partial charge in [-0.1, -0.05) is 0 Å². The van der Waals surface area contributed by atoms with Gasteiger partial charge in [-0.2, -0.15) is 0 Å². The van der Waals surface area contributed by atoms with Crippen molar-refractivity contribution in [2.24, 2.45) is 0 Å². The highest BCUT2D eigenvalue weighted by atomic mass is 16.6. The van der Waals surface area contributed by atoms with Gasteiger partial charge in [-0.05, 0) is 20.8 Å². The van der Waals surface area contributed by atoms with E-state index in [4.69, 9.17) is 19.3 Å². The Balaban J connectivity index is 2.25. The Kier molecular flexibility index (Phi) is 7.57. The molecule has 128 valence electrons. The molecular weight excluding hydrogens is 292 g/mol. The third-order valence-electron chi connectivity index (χ3n) is 2.93. The molecule has 1 saturated heterocycles. The number of ether oxygens (including phenoxy) is 3. The van der Waals surface area contributed by atoms with Crippen LogP contribution in [0.5, 0.6) is 0 Å². The van der Waals surface area contributed by atoms with Crippen LogP contribution in [0.2, 0.25) is 0 Å². The van der Waals surface area contributed by atoms with Crippen molar-refractivity contribution in [2.75, 3.05) is 46.1 Å². The molecule has 1 atom stereocenters. The van der Waals surface area contributed by atoms with Crippen LogP contribution in [-0.4, -0.2) is 79.8 Å². The number of morpholine rings is 1. The average Bonchev–Trinajstić information content (AvgIpc) is 2.41. The molecule has 0 aliphatic carbocycles. The molecule has 1 heterocycles. The van der Waals surface area contributed by atoms with E-state index < -0.39 is 23.7 Å². The number of nitrogens with zero attached hydrogens (tertiary/aromatic N) is 1. The van der Waals surface area contributed by atoms with Gasteiger partial charge in [0.05, 0.1) is 26.4 Å². The predicted molar refractivity (Wildman–Crippen MR) is 78.9 cm³/mol. The molecule has 0 saturated carbocycles. The number of aliphatic carboxylic acids is 1. The summed E-state index contributed by atoms with van der Waals surface area (Å²) in [5.41, 5.74) is -0.676. The summed E-state index contributed by atoms with van der Waals surface area (Å²) in [6.07, 6.45) is -0.767. The molecule has 22 heavy (non-hydrogen) atoms. The van der Waals surface area contributed by atoms with Crippen LogP contribution in [0.4, 0.5) is 4.79 Å². The molecule has 1 rings (SSSR count). The molecule has 0 aromatic heterocycles. The van der Waals surface area contributed by atoms with Crippen LogP contribution in [0.1, 0.15) is 20.8 Å². The highest BCUT2D eigenvalue weighted by molar-refractivity contribution is 5.80. The number of carboxylic acids is 1. The lowest BCUT2D eigenvalue weighted by Crippen LogP contribution is -2.46. The first kappa shape index (κ1) is 18.7. The van der Waals surface area contributed by atoms with Gasteiger partial charge in [0, 0.05) is 19.6 Å². The second kappa shape index (κ2) is 8.92. The Labute approximate surface area is 130 Å². The minimum absolute atomic E-state index is 0.0983. The molecule has 0 aromatic rings. The molecule has 0 radical (unpaired) electrons. The zero-order valence-electron chi connectivity index (χ0n) is 13.5. The molecule has 1 unspecified atom stereocenters. The molecule has 8 heteroatoms. The number of rotatable bonds is 7. The highest BCUT2D eigenvalue weighted by Gasteiger charge is 2.24. The van der Waals surface area contributed by atoms with E-state index in [9.17, 15) is 9.59 Å². The average molecular weight is 318 g/mol. The maximum Gasteiger partial charge on any atom is 0.408 e. The van der Waals surface area contributed by atoms with Crippen LogP contribution >= 0.6 is 0 Å². The summed E-state index contributed by atoms with van der Waals surface area (Å²) in [4.78, 5) is 24.9. The lowest BCUT2D eigenvalue weighted by molar-refractivity contribution is -0.141. The van der Waals surface area contributed by atoms with Crippen molar-refractivity contribution in [3.8, 4) is 0 Å². The lowest BCUT2D eigenvalue weighted by Gasteiger charge is -2.26. The summed E-state index contributed by atoms with van der Waals surface area (Å²) in [7, 11) is 0. The van der Waals surface area contributed by atoms with Crippen LogP contribution in [0.15, 0.2) is 0 Å². The van der Waals surface area contributed by atoms with Crippen LogP contribution in [0.25, 0.3) is 0 Å². The molecule has 1 fully saturated rings. The van der Waals surface area contributed by atoms with Crippen LogP contribution in [0.3, 0.4) is 0 Å². The van der Waals surface area contributed by atoms with Crippen molar-refractivity contribution in [3.63, 3.8) is 0 Å². The summed E-state index contributed by atoms with van der Waals surface area (Å²) in [5.74, 6) is -1.16. The third kappa shape index (κ3) is 8.16. The van der Waals surface area contributed by atoms with Crippen LogP contribution in [0, 0.1) is 0 Å². The number of carbonyl (C=O) groups is 2. The van der Waals surface area contributed by atoms with Gasteiger partial charge in [0.25, 0.3) is 0 Å². The molecule has 1 amide bonds.